The molecule has 1 amide bonds. The van der Waals surface area contributed by atoms with Crippen LogP contribution in [-0.2, 0) is 16.0 Å². The fraction of sp³-hybridized carbons (Fsp3) is 0.462. The number of carbonyl (C=O) groups is 1. The second kappa shape index (κ2) is 9.89. The highest BCUT2D eigenvalue weighted by Crippen LogP contribution is 2.13. The fourth-order valence-electron chi connectivity index (χ4n) is 1.69. The first-order valence-electron chi connectivity index (χ1n) is 6.36. The quantitative estimate of drug-likeness (QED) is 0.526. The first-order valence-corrected chi connectivity index (χ1v) is 7.75. The molecule has 0 aliphatic rings. The molecule has 3 N–H and O–H groups in total. The zero-order valence-electron chi connectivity index (χ0n) is 11.3. The number of hydrogen-bond acceptors (Lipinski definition) is 4. The van der Waals surface area contributed by atoms with Crippen LogP contribution in [0.15, 0.2) is 30.3 Å². The van der Waals surface area contributed by atoms with E-state index in [1.807, 2.05) is 36.6 Å². The standard InChI is InChI=1S/C13H21BN2O2S/c1-19-8-7-12(14-18-10-15)13(17)16-9-11-5-3-2-4-6-11/h2-6,12,14H,7-10,15H2,1H3,(H,16,17)/t12-/m0/s1. The number of amides is 1. The first kappa shape index (κ1) is 16.1. The predicted molar refractivity (Wildman–Crippen MR) is 82.3 cm³/mol. The van der Waals surface area contributed by atoms with Crippen molar-refractivity contribution in [3.63, 3.8) is 0 Å². The van der Waals surface area contributed by atoms with E-state index in [9.17, 15) is 4.79 Å². The molecule has 0 aliphatic heterocycles. The largest absolute Gasteiger partial charge is 0.427 e. The van der Waals surface area contributed by atoms with Gasteiger partial charge < -0.3 is 15.7 Å². The number of nitrogens with two attached hydrogens (primary N) is 1. The summed E-state index contributed by atoms with van der Waals surface area (Å²) in [5.74, 6) is 0.850. The molecular weight excluding hydrogens is 259 g/mol. The van der Waals surface area contributed by atoms with Crippen molar-refractivity contribution in [1.82, 2.24) is 5.32 Å². The maximum absolute atomic E-state index is 12.1. The van der Waals surface area contributed by atoms with Gasteiger partial charge in [0.05, 0.1) is 6.73 Å². The van der Waals surface area contributed by atoms with E-state index >= 15 is 0 Å². The topological polar surface area (TPSA) is 64.3 Å². The minimum atomic E-state index is -0.125. The van der Waals surface area contributed by atoms with E-state index in [1.54, 1.807) is 11.8 Å². The van der Waals surface area contributed by atoms with Gasteiger partial charge >= 0.3 is 0 Å². The van der Waals surface area contributed by atoms with Crippen molar-refractivity contribution in [2.75, 3.05) is 18.7 Å². The average molecular weight is 280 g/mol. The van der Waals surface area contributed by atoms with Crippen LogP contribution in [0.25, 0.3) is 0 Å². The second-order valence-corrected chi connectivity index (χ2v) is 5.20. The molecule has 19 heavy (non-hydrogen) atoms. The Kier molecular flexibility index (Phi) is 8.37. The van der Waals surface area contributed by atoms with Gasteiger partial charge in [-0.25, -0.2) is 0 Å². The summed E-state index contributed by atoms with van der Waals surface area (Å²) < 4.78 is 5.17. The Morgan fingerprint density at radius 2 is 2.21 bits per heavy atom. The Hall–Kier alpha value is -0.975. The Balaban J connectivity index is 2.41. The van der Waals surface area contributed by atoms with Crippen molar-refractivity contribution < 1.29 is 9.45 Å². The van der Waals surface area contributed by atoms with E-state index in [4.69, 9.17) is 10.4 Å². The lowest BCUT2D eigenvalue weighted by Gasteiger charge is -2.15. The van der Waals surface area contributed by atoms with Gasteiger partial charge in [0.25, 0.3) is 7.48 Å². The lowest BCUT2D eigenvalue weighted by molar-refractivity contribution is -0.121. The average Bonchev–Trinajstić information content (AvgIpc) is 2.46. The molecule has 0 aromatic heterocycles. The van der Waals surface area contributed by atoms with Crippen LogP contribution >= 0.6 is 11.8 Å². The monoisotopic (exact) mass is 280 g/mol. The van der Waals surface area contributed by atoms with Crippen LogP contribution in [0.1, 0.15) is 12.0 Å². The number of rotatable bonds is 9. The molecule has 6 heteroatoms. The third-order valence-corrected chi connectivity index (χ3v) is 3.43. The molecule has 0 unspecified atom stereocenters. The lowest BCUT2D eigenvalue weighted by atomic mass is 9.77. The van der Waals surface area contributed by atoms with Gasteiger partial charge in [-0.2, -0.15) is 11.8 Å². The molecule has 0 aliphatic carbocycles. The van der Waals surface area contributed by atoms with Crippen molar-refractivity contribution in [3.8, 4) is 0 Å². The van der Waals surface area contributed by atoms with Crippen molar-refractivity contribution in [2.45, 2.75) is 18.8 Å². The fourth-order valence-corrected chi connectivity index (χ4v) is 2.21. The smallest absolute Gasteiger partial charge is 0.289 e. The molecule has 1 aromatic carbocycles. The van der Waals surface area contributed by atoms with Crippen LogP contribution in [0.4, 0.5) is 0 Å². The molecule has 0 saturated heterocycles. The molecule has 0 radical (unpaired) electrons. The summed E-state index contributed by atoms with van der Waals surface area (Å²) in [6.45, 7) is 0.708. The Labute approximate surface area is 119 Å². The normalized spacial score (nSPS) is 11.9. The first-order chi connectivity index (χ1) is 9.27. The van der Waals surface area contributed by atoms with E-state index in [0.717, 1.165) is 17.7 Å². The molecule has 0 fully saturated rings. The van der Waals surface area contributed by atoms with Crippen molar-refractivity contribution in [1.29, 1.82) is 0 Å². The Morgan fingerprint density at radius 1 is 1.47 bits per heavy atom. The molecule has 1 aromatic rings. The highest BCUT2D eigenvalue weighted by Gasteiger charge is 2.19. The zero-order valence-corrected chi connectivity index (χ0v) is 12.1. The van der Waals surface area contributed by atoms with Crippen molar-refractivity contribution in [2.24, 2.45) is 5.73 Å². The van der Waals surface area contributed by atoms with E-state index in [2.05, 4.69) is 5.32 Å². The summed E-state index contributed by atoms with van der Waals surface area (Å²) in [5, 5.41) is 2.95. The van der Waals surface area contributed by atoms with Crippen LogP contribution in [-0.4, -0.2) is 32.1 Å². The summed E-state index contributed by atoms with van der Waals surface area (Å²) in [6, 6.07) is 9.87. The number of nitrogens with one attached hydrogen (secondary N) is 1. The minimum absolute atomic E-state index is 0.0337. The summed E-state index contributed by atoms with van der Waals surface area (Å²) >= 11 is 1.73. The SMILES string of the molecule is CSCC[C@H](BOCN)C(=O)NCc1ccccc1. The van der Waals surface area contributed by atoms with Crippen molar-refractivity contribution in [3.05, 3.63) is 35.9 Å². The molecule has 0 bridgehead atoms. The lowest BCUT2D eigenvalue weighted by Crippen LogP contribution is -2.31. The van der Waals surface area contributed by atoms with Gasteiger partial charge in [-0.3, -0.25) is 4.79 Å². The van der Waals surface area contributed by atoms with Crippen molar-refractivity contribution >= 4 is 25.2 Å². The van der Waals surface area contributed by atoms with Crippen LogP contribution in [0.5, 0.6) is 0 Å². The molecule has 0 heterocycles. The highest BCUT2D eigenvalue weighted by molar-refractivity contribution is 7.98. The third kappa shape index (κ3) is 6.66. The van der Waals surface area contributed by atoms with Gasteiger partial charge in [-0.1, -0.05) is 30.3 Å². The van der Waals surface area contributed by atoms with E-state index in [-0.39, 0.29) is 18.5 Å². The summed E-state index contributed by atoms with van der Waals surface area (Å²) in [4.78, 5) is 12.1. The van der Waals surface area contributed by atoms with Crippen LogP contribution in [0.3, 0.4) is 0 Å². The van der Waals surface area contributed by atoms with Gasteiger partial charge in [0.2, 0.25) is 5.91 Å². The molecule has 1 rings (SSSR count). The van der Waals surface area contributed by atoms with Gasteiger partial charge in [-0.15, -0.1) is 0 Å². The van der Waals surface area contributed by atoms with Gasteiger partial charge in [-0.05, 0) is 24.0 Å². The highest BCUT2D eigenvalue weighted by atomic mass is 32.2. The minimum Gasteiger partial charge on any atom is -0.427 e. The number of thioether (sulfide) groups is 1. The Bertz CT molecular complexity index is 357. The van der Waals surface area contributed by atoms with E-state index in [0.29, 0.717) is 14.0 Å². The van der Waals surface area contributed by atoms with Gasteiger partial charge in [0, 0.05) is 12.4 Å². The maximum atomic E-state index is 12.1. The van der Waals surface area contributed by atoms with Gasteiger partial charge in [0.1, 0.15) is 0 Å². The summed E-state index contributed by atoms with van der Waals surface area (Å²) in [5.41, 5.74) is 6.41. The molecule has 0 saturated carbocycles. The molecule has 104 valence electrons. The Morgan fingerprint density at radius 3 is 2.84 bits per heavy atom. The molecule has 0 spiro atoms. The summed E-state index contributed by atoms with van der Waals surface area (Å²) in [7, 11) is 0.387. The second-order valence-electron chi connectivity index (χ2n) is 4.22. The molecule has 1 atom stereocenters. The van der Waals surface area contributed by atoms with E-state index in [1.165, 1.54) is 0 Å². The van der Waals surface area contributed by atoms with Crippen LogP contribution in [0, 0.1) is 0 Å². The zero-order chi connectivity index (χ0) is 13.9. The molecular formula is C13H21BN2O2S. The molecule has 4 nitrogen and oxygen atoms in total. The maximum Gasteiger partial charge on any atom is 0.289 e. The van der Waals surface area contributed by atoms with E-state index < -0.39 is 0 Å². The van der Waals surface area contributed by atoms with Crippen LogP contribution < -0.4 is 11.1 Å². The number of benzene rings is 1. The van der Waals surface area contributed by atoms with Gasteiger partial charge in [0.15, 0.2) is 0 Å². The predicted octanol–water partition coefficient (Wildman–Crippen LogP) is 1.13. The number of hydrogen-bond donors (Lipinski definition) is 2. The third-order valence-electron chi connectivity index (χ3n) is 2.79. The summed E-state index contributed by atoms with van der Waals surface area (Å²) in [6.07, 6.45) is 2.84. The van der Waals surface area contributed by atoms with Crippen LogP contribution in [0.2, 0.25) is 5.82 Å². The number of carbonyl (C=O) groups excluding carboxylic acids is 1.